The molecule has 1 aromatic rings. The second-order valence-electron chi connectivity index (χ2n) is 6.25. The summed E-state index contributed by atoms with van der Waals surface area (Å²) in [5, 5.41) is 8.98. The SMILES string of the molecule is CCN(C(=O)CN1CCN(CCO)CC1)[C@@H](C)c1ccc(F)cc1. The number of aliphatic hydroxyl groups excluding tert-OH is 1. The number of likely N-dealkylation sites (N-methyl/N-ethyl adjacent to an activating group) is 1. The second kappa shape index (κ2) is 9.11. The van der Waals surface area contributed by atoms with Crippen LogP contribution in [0.15, 0.2) is 24.3 Å². The van der Waals surface area contributed by atoms with E-state index >= 15 is 0 Å². The lowest BCUT2D eigenvalue weighted by Crippen LogP contribution is -2.50. The van der Waals surface area contributed by atoms with Crippen molar-refractivity contribution in [2.75, 3.05) is 52.4 Å². The van der Waals surface area contributed by atoms with Crippen molar-refractivity contribution < 1.29 is 14.3 Å². The number of amides is 1. The molecule has 0 bridgehead atoms. The van der Waals surface area contributed by atoms with Crippen LogP contribution >= 0.6 is 0 Å². The molecule has 1 saturated heterocycles. The number of aliphatic hydroxyl groups is 1. The van der Waals surface area contributed by atoms with Crippen molar-refractivity contribution >= 4 is 5.91 Å². The van der Waals surface area contributed by atoms with Gasteiger partial charge in [-0.1, -0.05) is 12.1 Å². The van der Waals surface area contributed by atoms with E-state index in [0.717, 1.165) is 31.7 Å². The molecule has 1 fully saturated rings. The van der Waals surface area contributed by atoms with Crippen molar-refractivity contribution in [2.24, 2.45) is 0 Å². The monoisotopic (exact) mass is 337 g/mol. The third-order valence-corrected chi connectivity index (χ3v) is 4.72. The number of benzene rings is 1. The van der Waals surface area contributed by atoms with Crippen LogP contribution in [0, 0.1) is 5.82 Å². The molecule has 5 nitrogen and oxygen atoms in total. The van der Waals surface area contributed by atoms with E-state index in [9.17, 15) is 9.18 Å². The molecule has 1 atom stereocenters. The van der Waals surface area contributed by atoms with Gasteiger partial charge < -0.3 is 10.0 Å². The Labute approximate surface area is 143 Å². The van der Waals surface area contributed by atoms with Crippen LogP contribution in [0.1, 0.15) is 25.5 Å². The molecule has 0 saturated carbocycles. The van der Waals surface area contributed by atoms with E-state index in [2.05, 4.69) is 9.80 Å². The minimum Gasteiger partial charge on any atom is -0.395 e. The summed E-state index contributed by atoms with van der Waals surface area (Å²) >= 11 is 0. The van der Waals surface area contributed by atoms with Gasteiger partial charge in [0, 0.05) is 39.3 Å². The van der Waals surface area contributed by atoms with Crippen LogP contribution in [0.3, 0.4) is 0 Å². The van der Waals surface area contributed by atoms with E-state index < -0.39 is 0 Å². The summed E-state index contributed by atoms with van der Waals surface area (Å²) in [4.78, 5) is 18.9. The first-order valence-corrected chi connectivity index (χ1v) is 8.65. The lowest BCUT2D eigenvalue weighted by atomic mass is 10.1. The fourth-order valence-electron chi connectivity index (χ4n) is 3.18. The smallest absolute Gasteiger partial charge is 0.237 e. The number of hydrogen-bond donors (Lipinski definition) is 1. The van der Waals surface area contributed by atoms with Gasteiger partial charge in [-0.15, -0.1) is 0 Å². The zero-order valence-electron chi connectivity index (χ0n) is 14.6. The average Bonchev–Trinajstić information content (AvgIpc) is 2.58. The van der Waals surface area contributed by atoms with Crippen molar-refractivity contribution in [3.05, 3.63) is 35.6 Å². The molecule has 6 heteroatoms. The maximum Gasteiger partial charge on any atom is 0.237 e. The standard InChI is InChI=1S/C18H28FN3O2/c1-3-22(15(2)16-4-6-17(19)7-5-16)18(24)14-21-10-8-20(9-11-21)12-13-23/h4-7,15,23H,3,8-14H2,1-2H3/t15-/m0/s1. The highest BCUT2D eigenvalue weighted by atomic mass is 19.1. The molecular formula is C18H28FN3O2. The summed E-state index contributed by atoms with van der Waals surface area (Å²) in [5.74, 6) is -0.161. The van der Waals surface area contributed by atoms with Gasteiger partial charge in [0.1, 0.15) is 5.82 Å². The molecule has 0 aromatic heterocycles. The van der Waals surface area contributed by atoms with Crippen LogP contribution in [0.5, 0.6) is 0 Å². The van der Waals surface area contributed by atoms with E-state index in [4.69, 9.17) is 5.11 Å². The predicted octanol–water partition coefficient (Wildman–Crippen LogP) is 1.35. The molecule has 0 radical (unpaired) electrons. The Balaban J connectivity index is 1.90. The Morgan fingerprint density at radius 2 is 1.79 bits per heavy atom. The molecule has 1 amide bonds. The predicted molar refractivity (Wildman–Crippen MR) is 92.2 cm³/mol. The van der Waals surface area contributed by atoms with Crippen LogP contribution in [0.4, 0.5) is 4.39 Å². The van der Waals surface area contributed by atoms with Crippen molar-refractivity contribution in [1.29, 1.82) is 0 Å². The van der Waals surface area contributed by atoms with Gasteiger partial charge in [0.05, 0.1) is 19.2 Å². The van der Waals surface area contributed by atoms with Crippen LogP contribution in [-0.4, -0.2) is 78.1 Å². The van der Waals surface area contributed by atoms with Crippen LogP contribution in [0.25, 0.3) is 0 Å². The molecular weight excluding hydrogens is 309 g/mol. The van der Waals surface area contributed by atoms with Crippen molar-refractivity contribution in [3.63, 3.8) is 0 Å². The lowest BCUT2D eigenvalue weighted by molar-refractivity contribution is -0.134. The third-order valence-electron chi connectivity index (χ3n) is 4.72. The van der Waals surface area contributed by atoms with E-state index in [1.54, 1.807) is 12.1 Å². The Hall–Kier alpha value is -1.50. The molecule has 0 aliphatic carbocycles. The van der Waals surface area contributed by atoms with Crippen LogP contribution < -0.4 is 0 Å². The molecule has 1 aliphatic rings. The molecule has 1 aromatic carbocycles. The number of rotatable bonds is 7. The number of β-amino-alcohol motifs (C(OH)–C–C–N with tert-alkyl or cyclic N) is 1. The molecule has 24 heavy (non-hydrogen) atoms. The van der Waals surface area contributed by atoms with E-state index in [0.29, 0.717) is 19.6 Å². The number of piperazine rings is 1. The van der Waals surface area contributed by atoms with Crippen molar-refractivity contribution in [3.8, 4) is 0 Å². The molecule has 1 N–H and O–H groups in total. The number of carbonyl (C=O) groups excluding carboxylic acids is 1. The van der Waals surface area contributed by atoms with Gasteiger partial charge in [0.2, 0.25) is 5.91 Å². The number of nitrogens with zero attached hydrogens (tertiary/aromatic N) is 3. The normalized spacial score (nSPS) is 17.7. The summed E-state index contributed by atoms with van der Waals surface area (Å²) in [7, 11) is 0. The van der Waals surface area contributed by atoms with Gasteiger partial charge in [0.25, 0.3) is 0 Å². The first-order valence-electron chi connectivity index (χ1n) is 8.65. The summed E-state index contributed by atoms with van der Waals surface area (Å²) in [6.07, 6.45) is 0. The van der Waals surface area contributed by atoms with Crippen molar-refractivity contribution in [2.45, 2.75) is 19.9 Å². The zero-order valence-corrected chi connectivity index (χ0v) is 14.6. The highest BCUT2D eigenvalue weighted by Crippen LogP contribution is 2.20. The number of halogens is 1. The Morgan fingerprint density at radius 3 is 2.33 bits per heavy atom. The topological polar surface area (TPSA) is 47.0 Å². The Kier molecular flexibility index (Phi) is 7.15. The number of hydrogen-bond acceptors (Lipinski definition) is 4. The Bertz CT molecular complexity index is 516. The van der Waals surface area contributed by atoms with Gasteiger partial charge in [-0.25, -0.2) is 4.39 Å². The minimum atomic E-state index is -0.263. The maximum absolute atomic E-state index is 13.1. The van der Waals surface area contributed by atoms with Crippen LogP contribution in [0.2, 0.25) is 0 Å². The van der Waals surface area contributed by atoms with E-state index in [1.165, 1.54) is 12.1 Å². The summed E-state index contributed by atoms with van der Waals surface area (Å²) in [5.41, 5.74) is 0.944. The molecule has 2 rings (SSSR count). The summed E-state index contributed by atoms with van der Waals surface area (Å²) < 4.78 is 13.1. The molecule has 0 spiro atoms. The molecule has 134 valence electrons. The number of carbonyl (C=O) groups is 1. The van der Waals surface area contributed by atoms with Gasteiger partial charge in [0.15, 0.2) is 0 Å². The quantitative estimate of drug-likeness (QED) is 0.816. The van der Waals surface area contributed by atoms with Crippen LogP contribution in [-0.2, 0) is 4.79 Å². The third kappa shape index (κ3) is 5.00. The Morgan fingerprint density at radius 1 is 1.21 bits per heavy atom. The average molecular weight is 337 g/mol. The highest BCUT2D eigenvalue weighted by Gasteiger charge is 2.24. The zero-order chi connectivity index (χ0) is 17.5. The molecule has 1 heterocycles. The highest BCUT2D eigenvalue weighted by molar-refractivity contribution is 5.78. The fourth-order valence-corrected chi connectivity index (χ4v) is 3.18. The summed E-state index contributed by atoms with van der Waals surface area (Å²) in [6.45, 7) is 9.31. The van der Waals surface area contributed by atoms with Gasteiger partial charge in [-0.3, -0.25) is 14.6 Å². The van der Waals surface area contributed by atoms with Gasteiger partial charge in [-0.05, 0) is 31.5 Å². The van der Waals surface area contributed by atoms with Crippen molar-refractivity contribution in [1.82, 2.24) is 14.7 Å². The van der Waals surface area contributed by atoms with Gasteiger partial charge in [-0.2, -0.15) is 0 Å². The largest absolute Gasteiger partial charge is 0.395 e. The summed E-state index contributed by atoms with van der Waals surface area (Å²) in [6, 6.07) is 6.28. The fraction of sp³-hybridized carbons (Fsp3) is 0.611. The lowest BCUT2D eigenvalue weighted by Gasteiger charge is -2.36. The van der Waals surface area contributed by atoms with E-state index in [1.807, 2.05) is 18.7 Å². The van der Waals surface area contributed by atoms with E-state index in [-0.39, 0.29) is 24.4 Å². The van der Waals surface area contributed by atoms with Gasteiger partial charge >= 0.3 is 0 Å². The molecule has 0 unspecified atom stereocenters. The first kappa shape index (κ1) is 18.8. The second-order valence-corrected chi connectivity index (χ2v) is 6.25. The first-order chi connectivity index (χ1) is 11.5. The minimum absolute atomic E-state index is 0.0706. The maximum atomic E-state index is 13.1. The molecule has 1 aliphatic heterocycles.